The first-order chi connectivity index (χ1) is 11.8. The second kappa shape index (κ2) is 6.35. The molecule has 128 valence electrons. The Balaban J connectivity index is 1.72. The van der Waals surface area contributed by atoms with Gasteiger partial charge in [0.1, 0.15) is 0 Å². The third-order valence-electron chi connectivity index (χ3n) is 3.66. The number of nitrogens with one attached hydrogen (secondary N) is 2. The fourth-order valence-corrected chi connectivity index (χ4v) is 2.35. The van der Waals surface area contributed by atoms with Crippen molar-refractivity contribution in [2.45, 2.75) is 26.3 Å². The molecule has 1 aromatic carbocycles. The van der Waals surface area contributed by atoms with Gasteiger partial charge in [0, 0.05) is 35.1 Å². The molecule has 0 saturated carbocycles. The van der Waals surface area contributed by atoms with Gasteiger partial charge in [0.05, 0.1) is 17.4 Å². The molecule has 25 heavy (non-hydrogen) atoms. The normalized spacial score (nSPS) is 11.3. The maximum atomic E-state index is 12.2. The highest BCUT2D eigenvalue weighted by Crippen LogP contribution is 2.22. The predicted molar refractivity (Wildman–Crippen MR) is 96.2 cm³/mol. The summed E-state index contributed by atoms with van der Waals surface area (Å²) < 4.78 is 1.72. The number of hydrogen-bond donors (Lipinski definition) is 2. The first-order valence-corrected chi connectivity index (χ1v) is 7.85. The van der Waals surface area contributed by atoms with E-state index in [0.717, 1.165) is 10.8 Å². The zero-order chi connectivity index (χ0) is 18.0. The minimum absolute atomic E-state index is 0.206. The maximum absolute atomic E-state index is 12.2. The van der Waals surface area contributed by atoms with Gasteiger partial charge in [0.15, 0.2) is 0 Å². The molecule has 0 bridgehead atoms. The number of amides is 2. The van der Waals surface area contributed by atoms with E-state index in [4.69, 9.17) is 0 Å². The van der Waals surface area contributed by atoms with Crippen molar-refractivity contribution in [3.63, 3.8) is 0 Å². The number of fused-ring (bicyclic) bond motifs is 1. The molecular weight excluding hydrogens is 318 g/mol. The van der Waals surface area contributed by atoms with E-state index in [1.54, 1.807) is 41.5 Å². The topological polar surface area (TPSA) is 88.9 Å². The molecule has 0 aliphatic rings. The Bertz CT molecular complexity index is 935. The van der Waals surface area contributed by atoms with Crippen molar-refractivity contribution >= 4 is 34.0 Å². The number of benzene rings is 1. The lowest BCUT2D eigenvalue weighted by Gasteiger charge is -2.18. The van der Waals surface area contributed by atoms with E-state index >= 15 is 0 Å². The second-order valence-corrected chi connectivity index (χ2v) is 6.66. The largest absolute Gasteiger partial charge is 0.317 e. The maximum Gasteiger partial charge on any atom is 0.314 e. The van der Waals surface area contributed by atoms with Crippen LogP contribution in [-0.2, 0) is 15.1 Å². The van der Waals surface area contributed by atoms with Gasteiger partial charge in [-0.1, -0.05) is 12.1 Å². The van der Waals surface area contributed by atoms with Crippen molar-refractivity contribution in [2.24, 2.45) is 0 Å². The lowest BCUT2D eigenvalue weighted by Crippen LogP contribution is -2.29. The van der Waals surface area contributed by atoms with E-state index in [9.17, 15) is 9.59 Å². The van der Waals surface area contributed by atoms with Gasteiger partial charge in [-0.15, -0.1) is 0 Å². The Morgan fingerprint density at radius 3 is 2.52 bits per heavy atom. The molecule has 0 unspecified atom stereocenters. The molecule has 0 aliphatic heterocycles. The van der Waals surface area contributed by atoms with Gasteiger partial charge in [-0.25, -0.2) is 0 Å². The zero-order valence-electron chi connectivity index (χ0n) is 14.3. The highest BCUT2D eigenvalue weighted by molar-refractivity contribution is 6.44. The van der Waals surface area contributed by atoms with Gasteiger partial charge in [0.2, 0.25) is 0 Å². The summed E-state index contributed by atoms with van der Waals surface area (Å²) in [6, 6.07) is 7.21. The molecule has 2 amide bonds. The summed E-state index contributed by atoms with van der Waals surface area (Å²) in [6.45, 7) is 5.98. The number of anilines is 2. The van der Waals surface area contributed by atoms with E-state index in [2.05, 4.69) is 20.7 Å². The Hall–Kier alpha value is -3.22. The molecule has 0 fully saturated rings. The Labute approximate surface area is 145 Å². The third-order valence-corrected chi connectivity index (χ3v) is 3.66. The summed E-state index contributed by atoms with van der Waals surface area (Å²) >= 11 is 0. The quantitative estimate of drug-likeness (QED) is 0.704. The van der Waals surface area contributed by atoms with Gasteiger partial charge in [-0.3, -0.25) is 19.3 Å². The number of rotatable bonds is 2. The summed E-state index contributed by atoms with van der Waals surface area (Å²) in [5, 5.41) is 11.1. The number of pyridine rings is 1. The SMILES string of the molecule is CC(C)(C)n1cc(NC(=O)C(=O)Nc2cccc3cnccc23)cn1. The van der Waals surface area contributed by atoms with Crippen molar-refractivity contribution in [3.05, 3.63) is 49.1 Å². The lowest BCUT2D eigenvalue weighted by molar-refractivity contribution is -0.132. The minimum atomic E-state index is -0.750. The third kappa shape index (κ3) is 3.65. The van der Waals surface area contributed by atoms with Crippen LogP contribution in [0.25, 0.3) is 10.8 Å². The molecule has 3 rings (SSSR count). The van der Waals surface area contributed by atoms with Crippen LogP contribution in [0.15, 0.2) is 49.1 Å². The number of hydrogen-bond acceptors (Lipinski definition) is 4. The van der Waals surface area contributed by atoms with E-state index in [-0.39, 0.29) is 5.54 Å². The van der Waals surface area contributed by atoms with Crippen molar-refractivity contribution in [1.82, 2.24) is 14.8 Å². The standard InChI is InChI=1S/C18H19N5O2/c1-18(2,3)23-11-13(10-20-23)21-16(24)17(25)22-15-6-4-5-12-9-19-8-7-14(12)15/h4-11H,1-3H3,(H,21,24)(H,22,25). The molecule has 0 atom stereocenters. The molecule has 0 spiro atoms. The summed E-state index contributed by atoms with van der Waals surface area (Å²) in [7, 11) is 0. The van der Waals surface area contributed by atoms with E-state index < -0.39 is 11.8 Å². The fraction of sp³-hybridized carbons (Fsp3) is 0.222. The molecule has 7 heteroatoms. The van der Waals surface area contributed by atoms with Gasteiger partial charge in [-0.05, 0) is 32.9 Å². The first-order valence-electron chi connectivity index (χ1n) is 7.85. The first kappa shape index (κ1) is 16.6. The van der Waals surface area contributed by atoms with Gasteiger partial charge >= 0.3 is 11.8 Å². The number of carbonyl (C=O) groups excluding carboxylic acids is 2. The summed E-state index contributed by atoms with van der Waals surface area (Å²) in [6.07, 6.45) is 6.54. The highest BCUT2D eigenvalue weighted by Gasteiger charge is 2.18. The number of nitrogens with zero attached hydrogens (tertiary/aromatic N) is 3. The predicted octanol–water partition coefficient (Wildman–Crippen LogP) is 2.76. The molecule has 0 radical (unpaired) electrons. The van der Waals surface area contributed by atoms with Crippen molar-refractivity contribution in [3.8, 4) is 0 Å². The van der Waals surface area contributed by atoms with Crippen molar-refractivity contribution in [2.75, 3.05) is 10.6 Å². The zero-order valence-corrected chi connectivity index (χ0v) is 14.3. The monoisotopic (exact) mass is 337 g/mol. The van der Waals surface area contributed by atoms with Gasteiger partial charge in [-0.2, -0.15) is 5.10 Å². The minimum Gasteiger partial charge on any atom is -0.317 e. The van der Waals surface area contributed by atoms with E-state index in [1.807, 2.05) is 26.8 Å². The molecule has 3 aromatic rings. The molecular formula is C18H19N5O2. The molecule has 2 heterocycles. The highest BCUT2D eigenvalue weighted by atomic mass is 16.2. The summed E-state index contributed by atoms with van der Waals surface area (Å²) in [5.41, 5.74) is 0.824. The van der Waals surface area contributed by atoms with Crippen LogP contribution in [0.5, 0.6) is 0 Å². The average molecular weight is 337 g/mol. The van der Waals surface area contributed by atoms with Crippen LogP contribution < -0.4 is 10.6 Å². The number of aromatic nitrogens is 3. The van der Waals surface area contributed by atoms with Gasteiger partial charge in [0.25, 0.3) is 0 Å². The number of carbonyl (C=O) groups is 2. The van der Waals surface area contributed by atoms with Crippen LogP contribution in [0.1, 0.15) is 20.8 Å². The van der Waals surface area contributed by atoms with Crippen LogP contribution in [0.4, 0.5) is 11.4 Å². The molecule has 2 N–H and O–H groups in total. The summed E-state index contributed by atoms with van der Waals surface area (Å²) in [4.78, 5) is 28.4. The smallest absolute Gasteiger partial charge is 0.314 e. The Morgan fingerprint density at radius 1 is 1.04 bits per heavy atom. The van der Waals surface area contributed by atoms with Crippen molar-refractivity contribution in [1.29, 1.82) is 0 Å². The molecule has 0 saturated heterocycles. The van der Waals surface area contributed by atoms with Crippen LogP contribution in [0, 0.1) is 0 Å². The van der Waals surface area contributed by atoms with Crippen LogP contribution in [0.3, 0.4) is 0 Å². The van der Waals surface area contributed by atoms with E-state index in [0.29, 0.717) is 11.4 Å². The van der Waals surface area contributed by atoms with Gasteiger partial charge < -0.3 is 10.6 Å². The second-order valence-electron chi connectivity index (χ2n) is 6.66. The lowest BCUT2D eigenvalue weighted by atomic mass is 10.1. The molecule has 2 aromatic heterocycles. The Kier molecular flexibility index (Phi) is 4.22. The van der Waals surface area contributed by atoms with E-state index in [1.165, 1.54) is 6.20 Å². The molecule has 0 aliphatic carbocycles. The average Bonchev–Trinajstić information content (AvgIpc) is 3.04. The van der Waals surface area contributed by atoms with Crippen molar-refractivity contribution < 1.29 is 9.59 Å². The Morgan fingerprint density at radius 2 is 1.80 bits per heavy atom. The fourth-order valence-electron chi connectivity index (χ4n) is 2.35. The van der Waals surface area contributed by atoms with Crippen LogP contribution in [-0.4, -0.2) is 26.6 Å². The van der Waals surface area contributed by atoms with Crippen LogP contribution in [0.2, 0.25) is 0 Å². The summed E-state index contributed by atoms with van der Waals surface area (Å²) in [5.74, 6) is -1.49. The molecule has 7 nitrogen and oxygen atoms in total. The van der Waals surface area contributed by atoms with Crippen LogP contribution >= 0.6 is 0 Å².